The summed E-state index contributed by atoms with van der Waals surface area (Å²) in [7, 11) is 0. The summed E-state index contributed by atoms with van der Waals surface area (Å²) >= 11 is 4.78. The molecule has 1 aromatic heterocycles. The van der Waals surface area contributed by atoms with E-state index in [-0.39, 0.29) is 11.4 Å². The number of furan rings is 1. The minimum atomic E-state index is -0.449. The van der Waals surface area contributed by atoms with Crippen LogP contribution < -0.4 is 0 Å². The summed E-state index contributed by atoms with van der Waals surface area (Å²) in [6.45, 7) is 1.89. The zero-order valence-corrected chi connectivity index (χ0v) is 18.4. The molecule has 152 valence electrons. The Bertz CT molecular complexity index is 1110. The van der Waals surface area contributed by atoms with Crippen LogP contribution in [0.15, 0.2) is 61.0 Å². The number of likely N-dealkylation sites (tertiary alicyclic amines) is 1. The van der Waals surface area contributed by atoms with E-state index >= 15 is 0 Å². The van der Waals surface area contributed by atoms with Crippen LogP contribution in [-0.4, -0.2) is 45.1 Å². The molecular formula is C21H18BrN5O2S. The standard InChI is InChI=1S/C21H18BrN5O2S/c22-14-6-4-13(5-7-14)17-9-8-15(29-17)12-16-18(23)27-20(24-19(16)28)30-21(25-27)26-10-2-1-3-11-26/h4-9,12,23H,1-3,10-11H2/b16-12-,23-18?. The second-order valence-electron chi connectivity index (χ2n) is 7.16. The molecule has 4 heterocycles. The van der Waals surface area contributed by atoms with E-state index in [4.69, 9.17) is 9.83 Å². The van der Waals surface area contributed by atoms with Gasteiger partial charge in [0.25, 0.3) is 5.91 Å². The topological polar surface area (TPSA) is 85.3 Å². The van der Waals surface area contributed by atoms with E-state index in [0.29, 0.717) is 16.7 Å². The van der Waals surface area contributed by atoms with Crippen LogP contribution in [0.25, 0.3) is 17.4 Å². The molecule has 0 spiro atoms. The molecule has 0 aliphatic carbocycles. The smallest absolute Gasteiger partial charge is 0.283 e. The van der Waals surface area contributed by atoms with Crippen molar-refractivity contribution in [2.75, 3.05) is 13.1 Å². The van der Waals surface area contributed by atoms with Gasteiger partial charge in [-0.25, -0.2) is 0 Å². The minimum Gasteiger partial charge on any atom is -0.457 e. The molecule has 1 amide bonds. The molecule has 9 heteroatoms. The Hall–Kier alpha value is -2.65. The molecule has 1 aromatic carbocycles. The number of aliphatic imine (C=N–C) groups is 1. The normalized spacial score (nSPS) is 20.5. The van der Waals surface area contributed by atoms with Gasteiger partial charge in [-0.3, -0.25) is 10.2 Å². The van der Waals surface area contributed by atoms with Gasteiger partial charge in [0.15, 0.2) is 11.0 Å². The maximum absolute atomic E-state index is 12.6. The van der Waals surface area contributed by atoms with Crippen LogP contribution in [0.5, 0.6) is 0 Å². The van der Waals surface area contributed by atoms with E-state index in [1.807, 2.05) is 30.3 Å². The Morgan fingerprint density at radius 3 is 2.60 bits per heavy atom. The molecule has 0 unspecified atom stereocenters. The highest BCUT2D eigenvalue weighted by molar-refractivity contribution is 9.10. The first-order valence-corrected chi connectivity index (χ1v) is 11.3. The van der Waals surface area contributed by atoms with Crippen molar-refractivity contribution < 1.29 is 9.21 Å². The van der Waals surface area contributed by atoms with Crippen molar-refractivity contribution in [2.24, 2.45) is 10.1 Å². The van der Waals surface area contributed by atoms with Gasteiger partial charge < -0.3 is 9.32 Å². The van der Waals surface area contributed by atoms with Crippen LogP contribution in [0.3, 0.4) is 0 Å². The molecule has 1 saturated heterocycles. The maximum Gasteiger partial charge on any atom is 0.283 e. The third-order valence-corrected chi connectivity index (χ3v) is 6.61. The summed E-state index contributed by atoms with van der Waals surface area (Å²) in [6.07, 6.45) is 5.05. The molecule has 1 fully saturated rings. The average molecular weight is 484 g/mol. The quantitative estimate of drug-likeness (QED) is 0.621. The molecule has 0 saturated carbocycles. The maximum atomic E-state index is 12.6. The van der Waals surface area contributed by atoms with Crippen molar-refractivity contribution in [3.05, 3.63) is 52.2 Å². The third kappa shape index (κ3) is 3.63. The summed E-state index contributed by atoms with van der Waals surface area (Å²) in [6, 6.07) is 11.4. The number of nitrogens with one attached hydrogen (secondary N) is 1. The molecule has 0 bridgehead atoms. The first-order valence-electron chi connectivity index (χ1n) is 9.69. The monoisotopic (exact) mass is 483 g/mol. The lowest BCUT2D eigenvalue weighted by molar-refractivity contribution is -0.114. The first kappa shape index (κ1) is 19.3. The number of hydrogen-bond acceptors (Lipinski definition) is 6. The highest BCUT2D eigenvalue weighted by Crippen LogP contribution is 2.31. The van der Waals surface area contributed by atoms with Gasteiger partial charge in [-0.1, -0.05) is 28.1 Å². The Morgan fingerprint density at radius 1 is 1.07 bits per heavy atom. The zero-order chi connectivity index (χ0) is 20.7. The molecule has 7 nitrogen and oxygen atoms in total. The fraction of sp³-hybridized carbons (Fsp3) is 0.238. The van der Waals surface area contributed by atoms with E-state index in [9.17, 15) is 4.79 Å². The number of amides is 1. The van der Waals surface area contributed by atoms with Gasteiger partial charge in [0.2, 0.25) is 5.17 Å². The number of halogens is 1. The molecule has 30 heavy (non-hydrogen) atoms. The van der Waals surface area contributed by atoms with Crippen molar-refractivity contribution >= 4 is 55.8 Å². The van der Waals surface area contributed by atoms with Crippen molar-refractivity contribution in [1.29, 1.82) is 5.41 Å². The predicted octanol–water partition coefficient (Wildman–Crippen LogP) is 4.77. The van der Waals surface area contributed by atoms with Crippen LogP contribution in [-0.2, 0) is 4.79 Å². The first-order chi connectivity index (χ1) is 14.6. The van der Waals surface area contributed by atoms with E-state index in [0.717, 1.165) is 41.1 Å². The second-order valence-corrected chi connectivity index (χ2v) is 9.01. The van der Waals surface area contributed by atoms with Gasteiger partial charge in [-0.05, 0) is 61.4 Å². The molecule has 3 aliphatic heterocycles. The van der Waals surface area contributed by atoms with Crippen LogP contribution in [0.1, 0.15) is 25.0 Å². The largest absolute Gasteiger partial charge is 0.457 e. The minimum absolute atomic E-state index is 0.0195. The molecule has 5 rings (SSSR count). The summed E-state index contributed by atoms with van der Waals surface area (Å²) in [5, 5.41) is 15.8. The van der Waals surface area contributed by atoms with Gasteiger partial charge in [-0.2, -0.15) is 10.0 Å². The van der Waals surface area contributed by atoms with Gasteiger partial charge in [-0.15, -0.1) is 5.10 Å². The summed E-state index contributed by atoms with van der Waals surface area (Å²) in [5.41, 5.74) is 1.10. The van der Waals surface area contributed by atoms with Crippen LogP contribution in [0, 0.1) is 5.41 Å². The van der Waals surface area contributed by atoms with Gasteiger partial charge >= 0.3 is 0 Å². The Balaban J connectivity index is 1.40. The summed E-state index contributed by atoms with van der Waals surface area (Å²) < 4.78 is 6.87. The lowest BCUT2D eigenvalue weighted by Gasteiger charge is -2.26. The number of hydrazone groups is 1. The number of carbonyl (C=O) groups excluding carboxylic acids is 1. The number of hydrogen-bond donors (Lipinski definition) is 1. The SMILES string of the molecule is N=C1/C(=C/c2ccc(-c3ccc(Br)cc3)o2)C(=O)N=C2SC(N3CCCCC3)=NN12. The number of thioether (sulfide) groups is 1. The Morgan fingerprint density at radius 2 is 1.83 bits per heavy atom. The highest BCUT2D eigenvalue weighted by atomic mass is 79.9. The number of benzene rings is 1. The fourth-order valence-corrected chi connectivity index (χ4v) is 4.75. The van der Waals surface area contributed by atoms with E-state index in [1.54, 1.807) is 12.1 Å². The average Bonchev–Trinajstić information content (AvgIpc) is 3.40. The molecule has 0 radical (unpaired) electrons. The highest BCUT2D eigenvalue weighted by Gasteiger charge is 2.37. The van der Waals surface area contributed by atoms with E-state index in [2.05, 4.69) is 30.9 Å². The molecule has 1 N–H and O–H groups in total. The van der Waals surface area contributed by atoms with E-state index < -0.39 is 5.91 Å². The third-order valence-electron chi connectivity index (χ3n) is 5.11. The fourth-order valence-electron chi connectivity index (χ4n) is 3.54. The zero-order valence-electron chi connectivity index (χ0n) is 16.0. The molecule has 0 atom stereocenters. The van der Waals surface area contributed by atoms with Crippen molar-refractivity contribution in [3.8, 4) is 11.3 Å². The van der Waals surface area contributed by atoms with Gasteiger partial charge in [0.1, 0.15) is 11.5 Å². The molecule has 2 aromatic rings. The van der Waals surface area contributed by atoms with Crippen molar-refractivity contribution in [3.63, 3.8) is 0 Å². The van der Waals surface area contributed by atoms with Crippen LogP contribution in [0.2, 0.25) is 0 Å². The van der Waals surface area contributed by atoms with Gasteiger partial charge in [0.05, 0.1) is 5.57 Å². The lowest BCUT2D eigenvalue weighted by atomic mass is 10.1. The van der Waals surface area contributed by atoms with Crippen molar-refractivity contribution in [1.82, 2.24) is 9.91 Å². The predicted molar refractivity (Wildman–Crippen MR) is 122 cm³/mol. The number of piperidine rings is 1. The number of amidine groups is 3. The van der Waals surface area contributed by atoms with Gasteiger partial charge in [0, 0.05) is 23.1 Å². The molecule has 3 aliphatic rings. The number of fused-ring (bicyclic) bond motifs is 1. The second kappa shape index (κ2) is 7.88. The number of nitrogens with zero attached hydrogens (tertiary/aromatic N) is 4. The summed E-state index contributed by atoms with van der Waals surface area (Å²) in [4.78, 5) is 19.0. The molecular weight excluding hydrogens is 466 g/mol. The van der Waals surface area contributed by atoms with Crippen LogP contribution in [0.4, 0.5) is 0 Å². The van der Waals surface area contributed by atoms with Crippen LogP contribution >= 0.6 is 27.7 Å². The van der Waals surface area contributed by atoms with Crippen molar-refractivity contribution in [2.45, 2.75) is 19.3 Å². The van der Waals surface area contributed by atoms with E-state index in [1.165, 1.54) is 23.2 Å². The summed E-state index contributed by atoms with van der Waals surface area (Å²) in [5.74, 6) is 0.753. The Labute approximate surface area is 186 Å². The number of rotatable bonds is 2. The number of carbonyl (C=O) groups is 1. The lowest BCUT2D eigenvalue weighted by Crippen LogP contribution is -2.35. The Kier molecular flexibility index (Phi) is 5.08.